The van der Waals surface area contributed by atoms with E-state index in [4.69, 9.17) is 10.5 Å². The largest absolute Gasteiger partial charge is 0.474 e. The van der Waals surface area contributed by atoms with E-state index < -0.39 is 4.92 Å². The van der Waals surface area contributed by atoms with Crippen LogP contribution >= 0.6 is 0 Å². The van der Waals surface area contributed by atoms with E-state index in [9.17, 15) is 10.1 Å². The summed E-state index contributed by atoms with van der Waals surface area (Å²) in [6.45, 7) is 0.583. The van der Waals surface area contributed by atoms with Crippen LogP contribution in [0, 0.1) is 16.0 Å². The Balaban J connectivity index is 2.07. The lowest BCUT2D eigenvalue weighted by Gasteiger charge is -2.18. The first-order valence-corrected chi connectivity index (χ1v) is 5.68. The van der Waals surface area contributed by atoms with Crippen molar-refractivity contribution in [1.29, 1.82) is 0 Å². The van der Waals surface area contributed by atoms with Crippen LogP contribution in [0.4, 0.5) is 5.69 Å². The maximum Gasteiger partial charge on any atom is 0.276 e. The zero-order valence-corrected chi connectivity index (χ0v) is 9.41. The molecule has 1 aromatic heterocycles. The van der Waals surface area contributed by atoms with Crippen LogP contribution in [-0.4, -0.2) is 22.6 Å². The molecule has 1 aliphatic carbocycles. The fourth-order valence-corrected chi connectivity index (χ4v) is 2.16. The summed E-state index contributed by atoms with van der Waals surface area (Å²) in [5.41, 5.74) is 5.64. The van der Waals surface area contributed by atoms with Gasteiger partial charge in [-0.05, 0) is 25.8 Å². The van der Waals surface area contributed by atoms with Gasteiger partial charge in [0.15, 0.2) is 0 Å². The van der Waals surface area contributed by atoms with E-state index >= 15 is 0 Å². The molecule has 6 heteroatoms. The first-order chi connectivity index (χ1) is 8.20. The fraction of sp³-hybridized carbons (Fsp3) is 0.545. The molecule has 0 aliphatic heterocycles. The van der Waals surface area contributed by atoms with Crippen LogP contribution in [0.1, 0.15) is 19.3 Å². The molecule has 6 nitrogen and oxygen atoms in total. The number of hydrogen-bond donors (Lipinski definition) is 1. The van der Waals surface area contributed by atoms with Crippen LogP contribution in [0.3, 0.4) is 0 Å². The smallest absolute Gasteiger partial charge is 0.276 e. The van der Waals surface area contributed by atoms with Crippen molar-refractivity contribution in [3.05, 3.63) is 28.4 Å². The van der Waals surface area contributed by atoms with E-state index in [1.165, 1.54) is 18.3 Å². The molecule has 0 amide bonds. The zero-order chi connectivity index (χ0) is 12.3. The highest BCUT2D eigenvalue weighted by molar-refractivity contribution is 5.32. The van der Waals surface area contributed by atoms with Gasteiger partial charge in [-0.1, -0.05) is 0 Å². The predicted molar refractivity (Wildman–Crippen MR) is 61.7 cm³/mol. The Morgan fingerprint density at radius 3 is 3.12 bits per heavy atom. The van der Waals surface area contributed by atoms with Gasteiger partial charge in [-0.25, -0.2) is 4.98 Å². The molecule has 0 saturated heterocycles. The number of nitrogens with two attached hydrogens (primary N) is 1. The molecule has 1 saturated carbocycles. The summed E-state index contributed by atoms with van der Waals surface area (Å²) >= 11 is 0. The van der Waals surface area contributed by atoms with Crippen LogP contribution < -0.4 is 10.5 Å². The molecule has 17 heavy (non-hydrogen) atoms. The quantitative estimate of drug-likeness (QED) is 0.632. The minimum atomic E-state index is -0.455. The van der Waals surface area contributed by atoms with E-state index in [1.54, 1.807) is 0 Å². The van der Waals surface area contributed by atoms with Crippen LogP contribution in [0.5, 0.6) is 5.88 Å². The second-order valence-electron chi connectivity index (χ2n) is 4.19. The lowest BCUT2D eigenvalue weighted by Crippen LogP contribution is -2.27. The molecular formula is C11H15N3O3. The molecule has 0 aromatic carbocycles. The number of aromatic nitrogens is 1. The Hall–Kier alpha value is -1.69. The van der Waals surface area contributed by atoms with Gasteiger partial charge < -0.3 is 10.5 Å². The van der Waals surface area contributed by atoms with E-state index in [0.29, 0.717) is 18.3 Å². The van der Waals surface area contributed by atoms with Crippen LogP contribution in [0.25, 0.3) is 0 Å². The third-order valence-corrected chi connectivity index (χ3v) is 3.09. The van der Waals surface area contributed by atoms with E-state index in [-0.39, 0.29) is 11.8 Å². The second kappa shape index (κ2) is 5.09. The summed E-state index contributed by atoms with van der Waals surface area (Å²) in [5, 5.41) is 10.6. The molecule has 0 radical (unpaired) electrons. The summed E-state index contributed by atoms with van der Waals surface area (Å²) < 4.78 is 5.67. The number of pyridine rings is 1. The van der Waals surface area contributed by atoms with Gasteiger partial charge in [-0.3, -0.25) is 10.1 Å². The Kier molecular flexibility index (Phi) is 3.53. The molecule has 0 spiro atoms. The summed E-state index contributed by atoms with van der Waals surface area (Å²) in [7, 11) is 0. The molecule has 92 valence electrons. The molecular weight excluding hydrogens is 222 g/mol. The molecule has 1 heterocycles. The van der Waals surface area contributed by atoms with Crippen molar-refractivity contribution in [2.24, 2.45) is 11.7 Å². The molecule has 2 atom stereocenters. The standard InChI is InChI=1S/C11H15N3O3/c12-7-8-2-1-3-10(8)17-11-6-9(14(15)16)4-5-13-11/h4-6,8,10H,1-3,7,12H2. The van der Waals surface area contributed by atoms with Crippen molar-refractivity contribution in [1.82, 2.24) is 4.98 Å². The average molecular weight is 237 g/mol. The number of nitrogens with zero attached hydrogens (tertiary/aromatic N) is 2. The Labute approximate surface area is 98.9 Å². The summed E-state index contributed by atoms with van der Waals surface area (Å²) in [6, 6.07) is 2.70. The van der Waals surface area contributed by atoms with Gasteiger partial charge >= 0.3 is 0 Å². The van der Waals surface area contributed by atoms with Crippen molar-refractivity contribution < 1.29 is 9.66 Å². The van der Waals surface area contributed by atoms with Gasteiger partial charge in [0, 0.05) is 18.2 Å². The Morgan fingerprint density at radius 1 is 1.59 bits per heavy atom. The highest BCUT2D eigenvalue weighted by atomic mass is 16.6. The SMILES string of the molecule is NCC1CCCC1Oc1cc([N+](=O)[O-])ccn1. The summed E-state index contributed by atoms with van der Waals surface area (Å²) in [5.74, 6) is 0.639. The second-order valence-corrected chi connectivity index (χ2v) is 4.19. The fourth-order valence-electron chi connectivity index (χ4n) is 2.16. The maximum atomic E-state index is 10.6. The van der Waals surface area contributed by atoms with Crippen LogP contribution in [-0.2, 0) is 0 Å². The van der Waals surface area contributed by atoms with Crippen molar-refractivity contribution in [2.75, 3.05) is 6.54 Å². The number of nitro groups is 1. The van der Waals surface area contributed by atoms with E-state index in [1.807, 2.05) is 0 Å². The van der Waals surface area contributed by atoms with Crippen LogP contribution in [0.2, 0.25) is 0 Å². The number of ether oxygens (including phenoxy) is 1. The summed E-state index contributed by atoms with van der Waals surface area (Å²) in [4.78, 5) is 14.1. The van der Waals surface area contributed by atoms with Crippen molar-refractivity contribution in [2.45, 2.75) is 25.4 Å². The highest BCUT2D eigenvalue weighted by Crippen LogP contribution is 2.29. The van der Waals surface area contributed by atoms with Gasteiger partial charge in [-0.2, -0.15) is 0 Å². The van der Waals surface area contributed by atoms with Crippen LogP contribution in [0.15, 0.2) is 18.3 Å². The first kappa shape index (κ1) is 11.8. The molecule has 1 aromatic rings. The van der Waals surface area contributed by atoms with Gasteiger partial charge in [-0.15, -0.1) is 0 Å². The molecule has 2 rings (SSSR count). The number of hydrogen-bond acceptors (Lipinski definition) is 5. The predicted octanol–water partition coefficient (Wildman–Crippen LogP) is 1.50. The maximum absolute atomic E-state index is 10.6. The highest BCUT2D eigenvalue weighted by Gasteiger charge is 2.28. The van der Waals surface area contributed by atoms with Gasteiger partial charge in [0.2, 0.25) is 5.88 Å². The Bertz CT molecular complexity index is 411. The van der Waals surface area contributed by atoms with Crippen molar-refractivity contribution >= 4 is 5.69 Å². The minimum absolute atomic E-state index is 0.00250. The van der Waals surface area contributed by atoms with Gasteiger partial charge in [0.25, 0.3) is 5.69 Å². The monoisotopic (exact) mass is 237 g/mol. The Morgan fingerprint density at radius 2 is 2.41 bits per heavy atom. The number of rotatable bonds is 4. The van der Waals surface area contributed by atoms with E-state index in [2.05, 4.69) is 4.98 Å². The molecule has 2 unspecified atom stereocenters. The average Bonchev–Trinajstić information content (AvgIpc) is 2.76. The van der Waals surface area contributed by atoms with Crippen molar-refractivity contribution in [3.8, 4) is 5.88 Å². The minimum Gasteiger partial charge on any atom is -0.474 e. The van der Waals surface area contributed by atoms with Gasteiger partial charge in [0.05, 0.1) is 11.0 Å². The molecule has 1 aliphatic rings. The zero-order valence-electron chi connectivity index (χ0n) is 9.41. The summed E-state index contributed by atoms with van der Waals surface area (Å²) in [6.07, 6.45) is 4.50. The normalized spacial score (nSPS) is 23.6. The van der Waals surface area contributed by atoms with Crippen molar-refractivity contribution in [3.63, 3.8) is 0 Å². The topological polar surface area (TPSA) is 91.3 Å². The molecule has 0 bridgehead atoms. The third kappa shape index (κ3) is 2.71. The van der Waals surface area contributed by atoms with E-state index in [0.717, 1.165) is 19.3 Å². The lowest BCUT2D eigenvalue weighted by molar-refractivity contribution is -0.385. The lowest BCUT2D eigenvalue weighted by atomic mass is 10.1. The third-order valence-electron chi connectivity index (χ3n) is 3.09. The molecule has 2 N–H and O–H groups in total. The van der Waals surface area contributed by atoms with Gasteiger partial charge in [0.1, 0.15) is 6.10 Å². The first-order valence-electron chi connectivity index (χ1n) is 5.68. The molecule has 1 fully saturated rings.